The van der Waals surface area contributed by atoms with Crippen LogP contribution in [0, 0.1) is 6.92 Å². The lowest BCUT2D eigenvalue weighted by Crippen LogP contribution is -2.23. The van der Waals surface area contributed by atoms with E-state index in [1.165, 1.54) is 37.3 Å². The smallest absolute Gasteiger partial charge is 0.255 e. The summed E-state index contributed by atoms with van der Waals surface area (Å²) in [6.07, 6.45) is 1.44. The number of rotatable bonds is 7. The lowest BCUT2D eigenvalue weighted by Gasteiger charge is -2.11. The van der Waals surface area contributed by atoms with E-state index in [1.807, 2.05) is 6.92 Å². The molecule has 0 heterocycles. The first-order chi connectivity index (χ1) is 12.7. The van der Waals surface area contributed by atoms with Gasteiger partial charge >= 0.3 is 0 Å². The number of sulfonamides is 1. The number of benzene rings is 2. The summed E-state index contributed by atoms with van der Waals surface area (Å²) in [6, 6.07) is 10.8. The second kappa shape index (κ2) is 8.61. The summed E-state index contributed by atoms with van der Waals surface area (Å²) in [5.41, 5.74) is 2.25. The Morgan fingerprint density at radius 2 is 1.74 bits per heavy atom. The van der Waals surface area contributed by atoms with Crippen molar-refractivity contribution in [2.45, 2.75) is 18.7 Å². The molecule has 2 rings (SSSR count). The molecule has 3 N–H and O–H groups in total. The van der Waals surface area contributed by atoms with Gasteiger partial charge < -0.3 is 10.6 Å². The van der Waals surface area contributed by atoms with Gasteiger partial charge in [-0.25, -0.2) is 13.1 Å². The maximum Gasteiger partial charge on any atom is 0.255 e. The van der Waals surface area contributed by atoms with Crippen molar-refractivity contribution in [2.24, 2.45) is 0 Å². The molecule has 0 saturated heterocycles. The third-order valence-corrected chi connectivity index (χ3v) is 5.09. The van der Waals surface area contributed by atoms with Crippen molar-refractivity contribution in [3.05, 3.63) is 66.2 Å². The zero-order valence-electron chi connectivity index (χ0n) is 15.1. The van der Waals surface area contributed by atoms with Crippen LogP contribution in [0.4, 0.5) is 11.4 Å². The lowest BCUT2D eigenvalue weighted by molar-refractivity contribution is -0.114. The summed E-state index contributed by atoms with van der Waals surface area (Å²) in [5.74, 6) is -0.598. The van der Waals surface area contributed by atoms with Gasteiger partial charge in [-0.2, -0.15) is 0 Å². The fraction of sp³-hybridized carbons (Fsp3) is 0.158. The molecule has 0 spiro atoms. The molecule has 0 aliphatic carbocycles. The number of carbonyl (C=O) groups is 2. The number of hydrogen-bond donors (Lipinski definition) is 3. The number of carbonyl (C=O) groups excluding carboxylic acids is 2. The maximum absolute atomic E-state index is 12.5. The normalized spacial score (nSPS) is 10.9. The summed E-state index contributed by atoms with van der Waals surface area (Å²) >= 11 is 0. The van der Waals surface area contributed by atoms with Crippen molar-refractivity contribution < 1.29 is 18.0 Å². The zero-order chi connectivity index (χ0) is 20.0. The Kier molecular flexibility index (Phi) is 6.49. The molecule has 27 heavy (non-hydrogen) atoms. The quantitative estimate of drug-likeness (QED) is 0.635. The van der Waals surface area contributed by atoms with Crippen molar-refractivity contribution in [1.29, 1.82) is 0 Å². The third kappa shape index (κ3) is 5.50. The van der Waals surface area contributed by atoms with E-state index in [-0.39, 0.29) is 23.3 Å². The van der Waals surface area contributed by atoms with Gasteiger partial charge in [0.15, 0.2) is 0 Å². The van der Waals surface area contributed by atoms with Gasteiger partial charge in [0.1, 0.15) is 0 Å². The summed E-state index contributed by atoms with van der Waals surface area (Å²) in [5, 5.41) is 5.42. The average Bonchev–Trinajstić information content (AvgIpc) is 2.62. The SMILES string of the molecule is C=CCNS(=O)(=O)c1ccc(C(=O)Nc2cc(NC(C)=O)ccc2C)cc1. The zero-order valence-corrected chi connectivity index (χ0v) is 15.9. The number of nitrogens with one attached hydrogen (secondary N) is 3. The Labute approximate surface area is 158 Å². The molecule has 0 fully saturated rings. The largest absolute Gasteiger partial charge is 0.326 e. The van der Waals surface area contributed by atoms with Crippen molar-refractivity contribution in [1.82, 2.24) is 4.72 Å². The van der Waals surface area contributed by atoms with Crippen LogP contribution >= 0.6 is 0 Å². The summed E-state index contributed by atoms with van der Waals surface area (Å²) in [6.45, 7) is 6.81. The molecule has 0 atom stereocenters. The molecule has 0 bridgehead atoms. The van der Waals surface area contributed by atoms with Gasteiger partial charge in [-0.1, -0.05) is 12.1 Å². The Balaban J connectivity index is 2.17. The fourth-order valence-corrected chi connectivity index (χ4v) is 3.27. The van der Waals surface area contributed by atoms with Gasteiger partial charge in [0, 0.05) is 30.4 Å². The van der Waals surface area contributed by atoms with Gasteiger partial charge in [-0.15, -0.1) is 6.58 Å². The highest BCUT2D eigenvalue weighted by molar-refractivity contribution is 7.89. The van der Waals surface area contributed by atoms with E-state index in [0.717, 1.165) is 5.56 Å². The predicted molar refractivity (Wildman–Crippen MR) is 105 cm³/mol. The molecule has 7 nitrogen and oxygen atoms in total. The number of aryl methyl sites for hydroxylation is 1. The molecular weight excluding hydrogens is 366 g/mol. The highest BCUT2D eigenvalue weighted by atomic mass is 32.2. The van der Waals surface area contributed by atoms with E-state index >= 15 is 0 Å². The van der Waals surface area contributed by atoms with E-state index in [4.69, 9.17) is 0 Å². The lowest BCUT2D eigenvalue weighted by atomic mass is 10.1. The highest BCUT2D eigenvalue weighted by Gasteiger charge is 2.14. The minimum Gasteiger partial charge on any atom is -0.326 e. The second-order valence-corrected chi connectivity index (χ2v) is 7.60. The molecule has 2 amide bonds. The van der Waals surface area contributed by atoms with Gasteiger partial charge in [0.25, 0.3) is 5.91 Å². The molecule has 2 aromatic rings. The fourth-order valence-electron chi connectivity index (χ4n) is 2.27. The summed E-state index contributed by atoms with van der Waals surface area (Å²) < 4.78 is 26.4. The second-order valence-electron chi connectivity index (χ2n) is 5.83. The van der Waals surface area contributed by atoms with Crippen LogP contribution in [0.2, 0.25) is 0 Å². The first-order valence-corrected chi connectivity index (χ1v) is 9.61. The van der Waals surface area contributed by atoms with Crippen LogP contribution in [-0.4, -0.2) is 26.8 Å². The average molecular weight is 387 g/mol. The van der Waals surface area contributed by atoms with Gasteiger partial charge in [-0.3, -0.25) is 9.59 Å². The van der Waals surface area contributed by atoms with Crippen LogP contribution in [0.5, 0.6) is 0 Å². The van der Waals surface area contributed by atoms with Crippen molar-refractivity contribution in [3.8, 4) is 0 Å². The predicted octanol–water partition coefficient (Wildman–Crippen LogP) is 2.67. The standard InChI is InChI=1S/C19H21N3O4S/c1-4-11-20-27(25,26)17-9-6-15(7-10-17)19(24)22-18-12-16(21-14(3)23)8-5-13(18)2/h4-10,12,20H,1,11H2,2-3H3,(H,21,23)(H,22,24). The van der Waals surface area contributed by atoms with Gasteiger partial charge in [0.05, 0.1) is 4.90 Å². The first-order valence-electron chi connectivity index (χ1n) is 8.13. The minimum absolute atomic E-state index is 0.0599. The molecular formula is C19H21N3O4S. The third-order valence-electron chi connectivity index (χ3n) is 3.65. The van der Waals surface area contributed by atoms with Gasteiger partial charge in [0.2, 0.25) is 15.9 Å². The Hall–Kier alpha value is -2.97. The summed E-state index contributed by atoms with van der Waals surface area (Å²) in [7, 11) is -3.64. The van der Waals surface area contributed by atoms with Crippen LogP contribution in [0.15, 0.2) is 60.0 Å². The molecule has 0 aliphatic rings. The van der Waals surface area contributed by atoms with E-state index in [2.05, 4.69) is 21.9 Å². The molecule has 0 aliphatic heterocycles. The monoisotopic (exact) mass is 387 g/mol. The molecule has 0 unspecified atom stereocenters. The van der Waals surface area contributed by atoms with Crippen LogP contribution in [0.3, 0.4) is 0 Å². The topological polar surface area (TPSA) is 104 Å². The Morgan fingerprint density at radius 3 is 2.33 bits per heavy atom. The van der Waals surface area contributed by atoms with Crippen molar-refractivity contribution in [2.75, 3.05) is 17.2 Å². The van der Waals surface area contributed by atoms with E-state index < -0.39 is 10.0 Å². The first kappa shape index (κ1) is 20.3. The van der Waals surface area contributed by atoms with Gasteiger partial charge in [-0.05, 0) is 48.9 Å². The Morgan fingerprint density at radius 1 is 1.07 bits per heavy atom. The Bertz CT molecular complexity index is 967. The molecule has 2 aromatic carbocycles. The van der Waals surface area contributed by atoms with E-state index in [0.29, 0.717) is 16.9 Å². The molecule has 0 saturated carbocycles. The highest BCUT2D eigenvalue weighted by Crippen LogP contribution is 2.21. The number of hydrogen-bond acceptors (Lipinski definition) is 4. The minimum atomic E-state index is -3.64. The molecule has 0 aromatic heterocycles. The van der Waals surface area contributed by atoms with Crippen molar-refractivity contribution >= 4 is 33.2 Å². The van der Waals surface area contributed by atoms with E-state index in [1.54, 1.807) is 18.2 Å². The number of amides is 2. The van der Waals surface area contributed by atoms with Crippen LogP contribution in [0.1, 0.15) is 22.8 Å². The molecule has 142 valence electrons. The van der Waals surface area contributed by atoms with E-state index in [9.17, 15) is 18.0 Å². The maximum atomic E-state index is 12.5. The number of anilines is 2. The molecule has 0 radical (unpaired) electrons. The van der Waals surface area contributed by atoms with Crippen LogP contribution in [-0.2, 0) is 14.8 Å². The molecule has 8 heteroatoms. The summed E-state index contributed by atoms with van der Waals surface area (Å²) in [4.78, 5) is 23.7. The van der Waals surface area contributed by atoms with Crippen LogP contribution in [0.25, 0.3) is 0 Å². The van der Waals surface area contributed by atoms with Crippen molar-refractivity contribution in [3.63, 3.8) is 0 Å². The van der Waals surface area contributed by atoms with Crippen LogP contribution < -0.4 is 15.4 Å².